The first kappa shape index (κ1) is 20.6. The molecule has 0 unspecified atom stereocenters. The molecular formula is C21H21FN2O4S. The van der Waals surface area contributed by atoms with E-state index < -0.39 is 12.0 Å². The van der Waals surface area contributed by atoms with Crippen molar-refractivity contribution in [3.8, 4) is 11.5 Å². The Hall–Kier alpha value is -3.13. The van der Waals surface area contributed by atoms with Crippen LogP contribution in [0, 0.1) is 5.82 Å². The predicted octanol–water partition coefficient (Wildman–Crippen LogP) is 3.73. The van der Waals surface area contributed by atoms with Crippen LogP contribution in [0.3, 0.4) is 0 Å². The van der Waals surface area contributed by atoms with Crippen molar-refractivity contribution >= 4 is 29.0 Å². The van der Waals surface area contributed by atoms with E-state index in [4.69, 9.17) is 26.4 Å². The number of ether oxygens (including phenoxy) is 3. The van der Waals surface area contributed by atoms with Gasteiger partial charge in [0.15, 0.2) is 16.6 Å². The Labute approximate surface area is 173 Å². The summed E-state index contributed by atoms with van der Waals surface area (Å²) < 4.78 is 29.3. The first-order chi connectivity index (χ1) is 13.9. The Kier molecular flexibility index (Phi) is 6.03. The SMILES string of the molecule is COC(=O)C1=C(C)N(c2ccc(F)cc2)C(=S)N[C@@H]1c1cccc(OC)c1OC. The number of allylic oxidation sites excluding steroid dienone is 1. The third-order valence-electron chi connectivity index (χ3n) is 4.72. The van der Waals surface area contributed by atoms with Gasteiger partial charge in [-0.25, -0.2) is 9.18 Å². The topological polar surface area (TPSA) is 60.0 Å². The first-order valence-electron chi connectivity index (χ1n) is 8.79. The zero-order valence-corrected chi connectivity index (χ0v) is 17.3. The summed E-state index contributed by atoms with van der Waals surface area (Å²) >= 11 is 5.58. The zero-order valence-electron chi connectivity index (χ0n) is 16.5. The van der Waals surface area contributed by atoms with Crippen LogP contribution in [0.15, 0.2) is 53.7 Å². The van der Waals surface area contributed by atoms with Crippen LogP contribution in [0.25, 0.3) is 0 Å². The average Bonchev–Trinajstić information content (AvgIpc) is 2.73. The number of carbonyl (C=O) groups excluding carboxylic acids is 1. The fraction of sp³-hybridized carbons (Fsp3) is 0.238. The van der Waals surface area contributed by atoms with Gasteiger partial charge in [-0.2, -0.15) is 0 Å². The van der Waals surface area contributed by atoms with Gasteiger partial charge in [0.1, 0.15) is 5.82 Å². The molecule has 29 heavy (non-hydrogen) atoms. The molecule has 0 fully saturated rings. The van der Waals surface area contributed by atoms with E-state index in [1.165, 1.54) is 26.4 Å². The second-order valence-corrected chi connectivity index (χ2v) is 6.65. The Bertz CT molecular complexity index is 975. The minimum absolute atomic E-state index is 0.358. The van der Waals surface area contributed by atoms with E-state index in [-0.39, 0.29) is 5.82 Å². The minimum Gasteiger partial charge on any atom is -0.493 e. The van der Waals surface area contributed by atoms with Crippen LogP contribution >= 0.6 is 12.2 Å². The molecule has 1 aliphatic rings. The largest absolute Gasteiger partial charge is 0.493 e. The molecular weight excluding hydrogens is 395 g/mol. The van der Waals surface area contributed by atoms with Crippen molar-refractivity contribution < 1.29 is 23.4 Å². The maximum atomic E-state index is 13.4. The van der Waals surface area contributed by atoms with Gasteiger partial charge < -0.3 is 19.5 Å². The summed E-state index contributed by atoms with van der Waals surface area (Å²) in [6, 6.07) is 10.6. The first-order valence-corrected chi connectivity index (χ1v) is 9.19. The second kappa shape index (κ2) is 8.48. The lowest BCUT2D eigenvalue weighted by Crippen LogP contribution is -2.48. The molecule has 0 aliphatic carbocycles. The number of rotatable bonds is 5. The highest BCUT2D eigenvalue weighted by Crippen LogP contribution is 2.41. The Morgan fingerprint density at radius 3 is 2.38 bits per heavy atom. The Morgan fingerprint density at radius 1 is 1.10 bits per heavy atom. The summed E-state index contributed by atoms with van der Waals surface area (Å²) in [6.07, 6.45) is 0. The maximum absolute atomic E-state index is 13.4. The Balaban J connectivity index is 2.19. The number of anilines is 1. The number of nitrogens with zero attached hydrogens (tertiary/aromatic N) is 1. The zero-order chi connectivity index (χ0) is 21.1. The number of hydrogen-bond donors (Lipinski definition) is 1. The molecule has 1 aliphatic heterocycles. The van der Waals surface area contributed by atoms with Crippen molar-refractivity contribution in [2.45, 2.75) is 13.0 Å². The van der Waals surface area contributed by atoms with Crippen LogP contribution in [-0.4, -0.2) is 32.4 Å². The van der Waals surface area contributed by atoms with Gasteiger partial charge in [-0.15, -0.1) is 0 Å². The van der Waals surface area contributed by atoms with Crippen molar-refractivity contribution in [2.75, 3.05) is 26.2 Å². The highest BCUT2D eigenvalue weighted by atomic mass is 32.1. The van der Waals surface area contributed by atoms with Crippen molar-refractivity contribution in [1.82, 2.24) is 5.32 Å². The number of methoxy groups -OCH3 is 3. The molecule has 0 saturated heterocycles. The number of esters is 1. The van der Waals surface area contributed by atoms with Crippen molar-refractivity contribution in [1.29, 1.82) is 0 Å². The van der Waals surface area contributed by atoms with Gasteiger partial charge in [-0.1, -0.05) is 12.1 Å². The molecule has 6 nitrogen and oxygen atoms in total. The monoisotopic (exact) mass is 416 g/mol. The fourth-order valence-corrected chi connectivity index (χ4v) is 3.75. The van der Waals surface area contributed by atoms with Gasteiger partial charge in [0.2, 0.25) is 0 Å². The molecule has 1 N–H and O–H groups in total. The number of thiocarbonyl (C=S) groups is 1. The van der Waals surface area contributed by atoms with Gasteiger partial charge in [-0.05, 0) is 49.5 Å². The van der Waals surface area contributed by atoms with Gasteiger partial charge in [0, 0.05) is 16.9 Å². The molecule has 1 heterocycles. The van der Waals surface area contributed by atoms with Crippen LogP contribution in [0.4, 0.5) is 10.1 Å². The number of hydrogen-bond acceptors (Lipinski definition) is 5. The number of benzene rings is 2. The molecule has 0 bridgehead atoms. The van der Waals surface area contributed by atoms with Crippen LogP contribution in [-0.2, 0) is 9.53 Å². The van der Waals surface area contributed by atoms with Crippen molar-refractivity contribution in [3.63, 3.8) is 0 Å². The maximum Gasteiger partial charge on any atom is 0.337 e. The smallest absolute Gasteiger partial charge is 0.337 e. The quantitative estimate of drug-likeness (QED) is 0.589. The summed E-state index contributed by atoms with van der Waals surface area (Å²) in [5.41, 5.74) is 2.23. The summed E-state index contributed by atoms with van der Waals surface area (Å²) in [5, 5.41) is 3.54. The van der Waals surface area contributed by atoms with E-state index in [9.17, 15) is 9.18 Å². The van der Waals surface area contributed by atoms with Crippen LogP contribution in [0.5, 0.6) is 11.5 Å². The molecule has 8 heteroatoms. The molecule has 0 saturated carbocycles. The van der Waals surface area contributed by atoms with E-state index >= 15 is 0 Å². The Morgan fingerprint density at radius 2 is 1.79 bits per heavy atom. The van der Waals surface area contributed by atoms with E-state index in [2.05, 4.69) is 5.32 Å². The normalized spacial score (nSPS) is 16.4. The summed E-state index contributed by atoms with van der Waals surface area (Å²) in [7, 11) is 4.39. The molecule has 2 aromatic rings. The summed E-state index contributed by atoms with van der Waals surface area (Å²) in [5.74, 6) is 0.137. The standard InChI is InChI=1S/C21H21FN2O4S/c1-12-17(20(25)28-4)18(15-6-5-7-16(26-2)19(15)27-3)23-21(29)24(12)14-10-8-13(22)9-11-14/h5-11,18H,1-4H3,(H,23,29)/t18-/m1/s1. The second-order valence-electron chi connectivity index (χ2n) is 6.27. The molecule has 0 spiro atoms. The lowest BCUT2D eigenvalue weighted by molar-refractivity contribution is -0.136. The van der Waals surface area contributed by atoms with Gasteiger partial charge in [-0.3, -0.25) is 4.90 Å². The highest BCUT2D eigenvalue weighted by molar-refractivity contribution is 7.80. The van der Waals surface area contributed by atoms with Gasteiger partial charge in [0.25, 0.3) is 0 Å². The lowest BCUT2D eigenvalue weighted by Gasteiger charge is -2.37. The molecule has 0 amide bonds. The van der Waals surface area contributed by atoms with Crippen LogP contribution in [0.2, 0.25) is 0 Å². The number of carbonyl (C=O) groups is 1. The van der Waals surface area contributed by atoms with Crippen molar-refractivity contribution in [2.24, 2.45) is 0 Å². The molecule has 2 aromatic carbocycles. The molecule has 3 rings (SSSR count). The minimum atomic E-state index is -0.614. The predicted molar refractivity (Wildman–Crippen MR) is 112 cm³/mol. The van der Waals surface area contributed by atoms with E-state index in [1.807, 2.05) is 6.07 Å². The van der Waals surface area contributed by atoms with Gasteiger partial charge in [0.05, 0.1) is 32.9 Å². The molecule has 1 atom stereocenters. The highest BCUT2D eigenvalue weighted by Gasteiger charge is 2.37. The van der Waals surface area contributed by atoms with Crippen LogP contribution < -0.4 is 19.7 Å². The van der Waals surface area contributed by atoms with E-state index in [0.717, 1.165) is 0 Å². The summed E-state index contributed by atoms with van der Waals surface area (Å²) in [4.78, 5) is 14.4. The lowest BCUT2D eigenvalue weighted by atomic mass is 9.93. The molecule has 0 aromatic heterocycles. The number of halogens is 1. The number of nitrogens with one attached hydrogen (secondary N) is 1. The molecule has 0 radical (unpaired) electrons. The van der Waals surface area contributed by atoms with Crippen LogP contribution in [0.1, 0.15) is 18.5 Å². The summed E-state index contributed by atoms with van der Waals surface area (Å²) in [6.45, 7) is 1.77. The third kappa shape index (κ3) is 3.75. The number of para-hydroxylation sites is 1. The molecule has 152 valence electrons. The van der Waals surface area contributed by atoms with Crippen molar-refractivity contribution in [3.05, 3.63) is 65.1 Å². The van der Waals surface area contributed by atoms with E-state index in [0.29, 0.717) is 39.1 Å². The van der Waals surface area contributed by atoms with E-state index in [1.54, 1.807) is 43.2 Å². The van der Waals surface area contributed by atoms with Gasteiger partial charge >= 0.3 is 5.97 Å². The fourth-order valence-electron chi connectivity index (χ4n) is 3.39. The average molecular weight is 416 g/mol. The third-order valence-corrected chi connectivity index (χ3v) is 5.02.